The third-order valence-electron chi connectivity index (χ3n) is 4.09. The van der Waals surface area contributed by atoms with Gasteiger partial charge in [0.25, 0.3) is 10.0 Å². The number of amides is 1. The van der Waals surface area contributed by atoms with Crippen LogP contribution in [-0.2, 0) is 14.8 Å². The number of ether oxygens (including phenoxy) is 1. The van der Waals surface area contributed by atoms with Crippen LogP contribution in [0.3, 0.4) is 0 Å². The lowest BCUT2D eigenvalue weighted by Gasteiger charge is -2.14. The first-order chi connectivity index (χ1) is 13.8. The summed E-state index contributed by atoms with van der Waals surface area (Å²) in [5.74, 6) is 0.407. The molecule has 0 saturated heterocycles. The number of para-hydroxylation sites is 1. The summed E-state index contributed by atoms with van der Waals surface area (Å²) in [5.41, 5.74) is 2.26. The number of rotatable bonds is 6. The van der Waals surface area contributed by atoms with Crippen molar-refractivity contribution in [3.63, 3.8) is 0 Å². The molecule has 0 fully saturated rings. The third kappa shape index (κ3) is 4.69. The number of nitrogens with zero attached hydrogens (tertiary/aromatic N) is 2. The van der Waals surface area contributed by atoms with Gasteiger partial charge in [-0.15, -0.1) is 0 Å². The van der Waals surface area contributed by atoms with Gasteiger partial charge in [-0.05, 0) is 42.8 Å². The van der Waals surface area contributed by atoms with E-state index in [-0.39, 0.29) is 16.6 Å². The van der Waals surface area contributed by atoms with Gasteiger partial charge >= 0.3 is 0 Å². The molecule has 0 atom stereocenters. The van der Waals surface area contributed by atoms with Crippen molar-refractivity contribution in [3.05, 3.63) is 60.6 Å². The molecule has 150 valence electrons. The smallest absolute Gasteiger partial charge is 0.265 e. The number of hydrogen-bond donors (Lipinski definition) is 2. The Labute approximate surface area is 169 Å². The van der Waals surface area contributed by atoms with Crippen LogP contribution in [0.25, 0.3) is 11.1 Å². The van der Waals surface area contributed by atoms with Crippen molar-refractivity contribution in [1.29, 1.82) is 0 Å². The van der Waals surface area contributed by atoms with E-state index in [9.17, 15) is 13.2 Å². The van der Waals surface area contributed by atoms with Crippen LogP contribution in [0.2, 0.25) is 0 Å². The maximum atomic E-state index is 12.9. The van der Waals surface area contributed by atoms with Crippen molar-refractivity contribution in [3.8, 4) is 16.9 Å². The van der Waals surface area contributed by atoms with Gasteiger partial charge in [0.1, 0.15) is 16.5 Å². The number of benzene rings is 1. The average Bonchev–Trinajstić information content (AvgIpc) is 2.69. The minimum absolute atomic E-state index is 0.0316. The van der Waals surface area contributed by atoms with E-state index in [0.717, 1.165) is 5.56 Å². The zero-order valence-corrected chi connectivity index (χ0v) is 16.9. The first-order valence-corrected chi connectivity index (χ1v) is 10.1. The van der Waals surface area contributed by atoms with Gasteiger partial charge in [0.15, 0.2) is 0 Å². The summed E-state index contributed by atoms with van der Waals surface area (Å²) in [6.45, 7) is 3.10. The van der Waals surface area contributed by atoms with Crippen LogP contribution in [0.1, 0.15) is 12.6 Å². The molecule has 0 spiro atoms. The van der Waals surface area contributed by atoms with Crippen LogP contribution in [0, 0.1) is 6.92 Å². The molecule has 29 heavy (non-hydrogen) atoms. The summed E-state index contributed by atoms with van der Waals surface area (Å²) in [6, 6.07) is 11.5. The molecule has 0 radical (unpaired) electrons. The Morgan fingerprint density at radius 1 is 1.07 bits per heavy atom. The van der Waals surface area contributed by atoms with E-state index in [4.69, 9.17) is 4.74 Å². The molecule has 0 aliphatic rings. The Balaban J connectivity index is 1.97. The van der Waals surface area contributed by atoms with E-state index in [0.29, 0.717) is 22.8 Å². The summed E-state index contributed by atoms with van der Waals surface area (Å²) in [7, 11) is -2.47. The number of nitrogens with one attached hydrogen (secondary N) is 2. The monoisotopic (exact) mass is 412 g/mol. The number of sulfonamides is 1. The topological polar surface area (TPSA) is 110 Å². The number of carbonyl (C=O) groups is 1. The molecular weight excluding hydrogens is 392 g/mol. The van der Waals surface area contributed by atoms with Gasteiger partial charge in [0.05, 0.1) is 18.5 Å². The van der Waals surface area contributed by atoms with Crippen LogP contribution in [0.15, 0.2) is 59.8 Å². The van der Waals surface area contributed by atoms with E-state index in [1.54, 1.807) is 55.7 Å². The molecule has 1 amide bonds. The first kappa shape index (κ1) is 20.3. The zero-order chi connectivity index (χ0) is 21.0. The molecular formula is C20H20N4O4S. The Morgan fingerprint density at radius 2 is 1.83 bits per heavy atom. The van der Waals surface area contributed by atoms with E-state index >= 15 is 0 Å². The molecule has 0 saturated carbocycles. The summed E-state index contributed by atoms with van der Waals surface area (Å²) in [6.07, 6.45) is 3.18. The fourth-order valence-electron chi connectivity index (χ4n) is 2.69. The molecule has 3 aromatic rings. The van der Waals surface area contributed by atoms with Crippen LogP contribution in [-0.4, -0.2) is 31.4 Å². The highest BCUT2D eigenvalue weighted by Crippen LogP contribution is 2.29. The molecule has 2 heterocycles. The van der Waals surface area contributed by atoms with Gasteiger partial charge in [0.2, 0.25) is 5.91 Å². The molecule has 1 aromatic carbocycles. The fraction of sp³-hybridized carbons (Fsp3) is 0.150. The summed E-state index contributed by atoms with van der Waals surface area (Å²) in [5, 5.41) is 2.62. The third-order valence-corrected chi connectivity index (χ3v) is 5.49. The number of pyridine rings is 2. The summed E-state index contributed by atoms with van der Waals surface area (Å²) in [4.78, 5) is 19.7. The van der Waals surface area contributed by atoms with Crippen molar-refractivity contribution in [2.45, 2.75) is 18.7 Å². The van der Waals surface area contributed by atoms with E-state index < -0.39 is 10.0 Å². The second kappa shape index (κ2) is 8.27. The number of aryl methyl sites for hydroxylation is 1. The normalized spacial score (nSPS) is 11.0. The lowest BCUT2D eigenvalue weighted by Crippen LogP contribution is -2.15. The lowest BCUT2D eigenvalue weighted by atomic mass is 10.1. The number of methoxy groups -OCH3 is 1. The summed E-state index contributed by atoms with van der Waals surface area (Å²) >= 11 is 0. The fourth-order valence-corrected chi connectivity index (χ4v) is 3.97. The molecule has 0 aliphatic carbocycles. The maximum Gasteiger partial charge on any atom is 0.265 e. The zero-order valence-electron chi connectivity index (χ0n) is 16.1. The van der Waals surface area contributed by atoms with Gasteiger partial charge < -0.3 is 10.1 Å². The van der Waals surface area contributed by atoms with Gasteiger partial charge in [-0.25, -0.2) is 13.4 Å². The van der Waals surface area contributed by atoms with Crippen molar-refractivity contribution < 1.29 is 17.9 Å². The predicted octanol–water partition coefficient (Wildman–Crippen LogP) is 3.22. The van der Waals surface area contributed by atoms with E-state index in [1.807, 2.05) is 0 Å². The minimum atomic E-state index is -3.89. The highest BCUT2D eigenvalue weighted by Gasteiger charge is 2.20. The van der Waals surface area contributed by atoms with Crippen LogP contribution in [0.5, 0.6) is 5.75 Å². The standard InChI is InChI=1S/C20H20N4O4S/c1-13-17(24-29(26,27)19-7-5-4-6-18(19)28-3)10-16(12-22-13)15-8-9-21-20(11-15)23-14(2)25/h4-12,24H,1-3H3,(H,21,23,25). The highest BCUT2D eigenvalue weighted by molar-refractivity contribution is 7.92. The van der Waals surface area contributed by atoms with Crippen molar-refractivity contribution in [2.24, 2.45) is 0 Å². The van der Waals surface area contributed by atoms with Gasteiger partial charge in [-0.3, -0.25) is 14.5 Å². The Hall–Kier alpha value is -3.46. The molecule has 8 nitrogen and oxygen atoms in total. The first-order valence-electron chi connectivity index (χ1n) is 8.66. The van der Waals surface area contributed by atoms with Gasteiger partial charge in [-0.1, -0.05) is 12.1 Å². The number of anilines is 2. The van der Waals surface area contributed by atoms with E-state index in [1.165, 1.54) is 20.1 Å². The largest absolute Gasteiger partial charge is 0.495 e. The number of aromatic nitrogens is 2. The predicted molar refractivity (Wildman–Crippen MR) is 110 cm³/mol. The molecule has 0 aliphatic heterocycles. The van der Waals surface area contributed by atoms with Crippen LogP contribution >= 0.6 is 0 Å². The highest BCUT2D eigenvalue weighted by atomic mass is 32.2. The Bertz CT molecular complexity index is 1160. The Kier molecular flexibility index (Phi) is 5.79. The lowest BCUT2D eigenvalue weighted by molar-refractivity contribution is -0.114. The maximum absolute atomic E-state index is 12.9. The van der Waals surface area contributed by atoms with Crippen molar-refractivity contribution in [2.75, 3.05) is 17.1 Å². The molecule has 2 aromatic heterocycles. The van der Waals surface area contributed by atoms with Crippen LogP contribution in [0.4, 0.5) is 11.5 Å². The van der Waals surface area contributed by atoms with Crippen molar-refractivity contribution >= 4 is 27.4 Å². The molecule has 0 unspecified atom stereocenters. The SMILES string of the molecule is COc1ccccc1S(=O)(=O)Nc1cc(-c2ccnc(NC(C)=O)c2)cnc1C. The van der Waals surface area contributed by atoms with Gasteiger partial charge in [0, 0.05) is 24.9 Å². The Morgan fingerprint density at radius 3 is 2.55 bits per heavy atom. The number of carbonyl (C=O) groups excluding carboxylic acids is 1. The molecule has 0 bridgehead atoms. The minimum Gasteiger partial charge on any atom is -0.495 e. The van der Waals surface area contributed by atoms with Gasteiger partial charge in [-0.2, -0.15) is 0 Å². The molecule has 3 rings (SSSR count). The van der Waals surface area contributed by atoms with E-state index in [2.05, 4.69) is 20.0 Å². The van der Waals surface area contributed by atoms with Crippen LogP contribution < -0.4 is 14.8 Å². The second-order valence-corrected chi connectivity index (χ2v) is 7.88. The molecule has 9 heteroatoms. The summed E-state index contributed by atoms with van der Waals surface area (Å²) < 4.78 is 33.5. The quantitative estimate of drug-likeness (QED) is 0.643. The molecule has 2 N–H and O–H groups in total. The van der Waals surface area contributed by atoms with Crippen molar-refractivity contribution in [1.82, 2.24) is 9.97 Å². The second-order valence-electron chi connectivity index (χ2n) is 6.22. The average molecular weight is 412 g/mol. The number of hydrogen-bond acceptors (Lipinski definition) is 6.